The van der Waals surface area contributed by atoms with Gasteiger partial charge in [-0.2, -0.15) is 0 Å². The molecular weight excluding hydrogens is 260 g/mol. The van der Waals surface area contributed by atoms with Crippen molar-refractivity contribution in [1.29, 1.82) is 0 Å². The number of pyridine rings is 1. The van der Waals surface area contributed by atoms with Gasteiger partial charge in [0, 0.05) is 23.2 Å². The van der Waals surface area contributed by atoms with Crippen LogP contribution < -0.4 is 0 Å². The molecule has 0 saturated heterocycles. The number of Topliss-reactive ketones (excluding diaryl/α,β-unsaturated/α-hetero) is 1. The lowest BCUT2D eigenvalue weighted by molar-refractivity contribution is 0.0992. The number of nitrogens with zero attached hydrogens (tertiary/aromatic N) is 1. The van der Waals surface area contributed by atoms with Crippen LogP contribution in [0, 0.1) is 11.6 Å². The van der Waals surface area contributed by atoms with Gasteiger partial charge in [0.15, 0.2) is 5.78 Å². The molecule has 0 spiro atoms. The minimum absolute atomic E-state index is 0.0955. The van der Waals surface area contributed by atoms with Crippen LogP contribution in [-0.4, -0.2) is 10.8 Å². The second kappa shape index (κ2) is 5.23. The summed E-state index contributed by atoms with van der Waals surface area (Å²) >= 11 is 5.85. The van der Waals surface area contributed by atoms with E-state index in [-0.39, 0.29) is 17.8 Å². The molecule has 0 saturated carbocycles. The average molecular weight is 268 g/mol. The van der Waals surface area contributed by atoms with Crippen LogP contribution in [0.3, 0.4) is 0 Å². The summed E-state index contributed by atoms with van der Waals surface area (Å²) in [5.74, 6) is -1.43. The summed E-state index contributed by atoms with van der Waals surface area (Å²) < 4.78 is 25.9. The van der Waals surface area contributed by atoms with Gasteiger partial charge >= 0.3 is 0 Å². The van der Waals surface area contributed by atoms with Crippen molar-refractivity contribution in [2.45, 2.75) is 6.42 Å². The molecule has 0 N–H and O–H groups in total. The molecule has 0 aliphatic carbocycles. The van der Waals surface area contributed by atoms with E-state index < -0.39 is 11.6 Å². The second-order valence-corrected chi connectivity index (χ2v) is 4.13. The van der Waals surface area contributed by atoms with Crippen molar-refractivity contribution in [3.05, 3.63) is 64.4 Å². The fourth-order valence-electron chi connectivity index (χ4n) is 1.52. The lowest BCUT2D eigenvalue weighted by Crippen LogP contribution is -2.05. The zero-order valence-corrected chi connectivity index (χ0v) is 9.92. The summed E-state index contributed by atoms with van der Waals surface area (Å²) in [6.07, 6.45) is 2.17. The third-order valence-corrected chi connectivity index (χ3v) is 2.75. The Morgan fingerprint density at radius 3 is 2.67 bits per heavy atom. The number of hydrogen-bond donors (Lipinski definition) is 0. The van der Waals surface area contributed by atoms with Gasteiger partial charge in [-0.05, 0) is 29.8 Å². The third kappa shape index (κ3) is 2.90. The van der Waals surface area contributed by atoms with Crippen LogP contribution >= 0.6 is 11.6 Å². The Morgan fingerprint density at radius 2 is 1.94 bits per heavy atom. The Bertz CT molecular complexity index is 601. The first-order chi connectivity index (χ1) is 8.56. The predicted molar refractivity (Wildman–Crippen MR) is 63.6 cm³/mol. The Balaban J connectivity index is 2.24. The van der Waals surface area contributed by atoms with Crippen molar-refractivity contribution >= 4 is 17.4 Å². The Kier molecular flexibility index (Phi) is 3.67. The standard InChI is InChI=1S/C13H8ClF2NO/c14-12-2-1-10(15)3-8(12)5-13(18)9-4-11(16)7-17-6-9/h1-4,6-7H,5H2. The Morgan fingerprint density at radius 1 is 1.17 bits per heavy atom. The summed E-state index contributed by atoms with van der Waals surface area (Å²) in [5.41, 5.74) is 0.501. The van der Waals surface area contributed by atoms with Crippen LogP contribution in [0.5, 0.6) is 0 Å². The van der Waals surface area contributed by atoms with Gasteiger partial charge in [-0.3, -0.25) is 9.78 Å². The van der Waals surface area contributed by atoms with Crippen LogP contribution in [0.4, 0.5) is 8.78 Å². The molecule has 0 atom stereocenters. The van der Waals surface area contributed by atoms with E-state index in [0.29, 0.717) is 10.6 Å². The van der Waals surface area contributed by atoms with Crippen LogP contribution in [0.1, 0.15) is 15.9 Å². The van der Waals surface area contributed by atoms with Gasteiger partial charge in [0.25, 0.3) is 0 Å². The van der Waals surface area contributed by atoms with Crippen molar-refractivity contribution in [3.63, 3.8) is 0 Å². The van der Waals surface area contributed by atoms with E-state index in [4.69, 9.17) is 11.6 Å². The number of benzene rings is 1. The molecule has 0 amide bonds. The summed E-state index contributed by atoms with van der Waals surface area (Å²) in [5, 5.41) is 0.300. The first-order valence-electron chi connectivity index (χ1n) is 5.14. The molecule has 2 nitrogen and oxygen atoms in total. The van der Waals surface area contributed by atoms with Crippen LogP contribution in [-0.2, 0) is 6.42 Å². The van der Waals surface area contributed by atoms with Crippen LogP contribution in [0.25, 0.3) is 0 Å². The molecule has 0 unspecified atom stereocenters. The largest absolute Gasteiger partial charge is 0.294 e. The zero-order chi connectivity index (χ0) is 13.1. The lowest BCUT2D eigenvalue weighted by atomic mass is 10.0. The second-order valence-electron chi connectivity index (χ2n) is 3.73. The topological polar surface area (TPSA) is 30.0 Å². The Hall–Kier alpha value is -1.81. The fourth-order valence-corrected chi connectivity index (χ4v) is 1.70. The highest BCUT2D eigenvalue weighted by molar-refractivity contribution is 6.31. The molecule has 0 fully saturated rings. The van der Waals surface area contributed by atoms with Crippen LogP contribution in [0.2, 0.25) is 5.02 Å². The van der Waals surface area contributed by atoms with E-state index in [2.05, 4.69) is 4.98 Å². The van der Waals surface area contributed by atoms with Crippen molar-refractivity contribution in [1.82, 2.24) is 4.98 Å². The van der Waals surface area contributed by atoms with Gasteiger partial charge in [0.1, 0.15) is 11.6 Å². The van der Waals surface area contributed by atoms with Crippen molar-refractivity contribution in [2.75, 3.05) is 0 Å². The van der Waals surface area contributed by atoms with Gasteiger partial charge in [-0.1, -0.05) is 11.6 Å². The lowest BCUT2D eigenvalue weighted by Gasteiger charge is -2.04. The molecule has 0 aliphatic heterocycles. The number of aromatic nitrogens is 1. The molecule has 1 aromatic carbocycles. The molecule has 0 radical (unpaired) electrons. The maximum atomic E-state index is 13.0. The van der Waals surface area contributed by atoms with Crippen molar-refractivity contribution in [3.8, 4) is 0 Å². The van der Waals surface area contributed by atoms with Gasteiger partial charge in [-0.25, -0.2) is 8.78 Å². The SMILES string of the molecule is O=C(Cc1cc(F)ccc1Cl)c1cncc(F)c1. The highest BCUT2D eigenvalue weighted by Crippen LogP contribution is 2.19. The van der Waals surface area contributed by atoms with E-state index in [0.717, 1.165) is 12.3 Å². The third-order valence-electron chi connectivity index (χ3n) is 2.39. The maximum absolute atomic E-state index is 13.0. The van der Waals surface area contributed by atoms with Crippen molar-refractivity contribution in [2.24, 2.45) is 0 Å². The van der Waals surface area contributed by atoms with E-state index in [1.54, 1.807) is 0 Å². The monoisotopic (exact) mass is 267 g/mol. The van der Waals surface area contributed by atoms with Crippen molar-refractivity contribution < 1.29 is 13.6 Å². The molecule has 18 heavy (non-hydrogen) atoms. The molecule has 92 valence electrons. The maximum Gasteiger partial charge on any atom is 0.168 e. The number of rotatable bonds is 3. The smallest absolute Gasteiger partial charge is 0.168 e. The summed E-state index contributed by atoms with van der Waals surface area (Å²) in [6.45, 7) is 0. The molecule has 0 bridgehead atoms. The number of halogens is 3. The van der Waals surface area contributed by atoms with Crippen LogP contribution in [0.15, 0.2) is 36.7 Å². The summed E-state index contributed by atoms with van der Waals surface area (Å²) in [7, 11) is 0. The predicted octanol–water partition coefficient (Wildman–Crippen LogP) is 3.44. The highest BCUT2D eigenvalue weighted by Gasteiger charge is 2.11. The Labute approximate surface area is 107 Å². The summed E-state index contributed by atoms with van der Waals surface area (Å²) in [4.78, 5) is 15.4. The average Bonchev–Trinajstić information content (AvgIpc) is 2.34. The highest BCUT2D eigenvalue weighted by atomic mass is 35.5. The van der Waals surface area contributed by atoms with E-state index in [1.807, 2.05) is 0 Å². The van der Waals surface area contributed by atoms with Gasteiger partial charge in [-0.15, -0.1) is 0 Å². The number of carbonyl (C=O) groups excluding carboxylic acids is 1. The molecule has 1 aromatic heterocycles. The minimum atomic E-state index is -0.591. The summed E-state index contributed by atoms with van der Waals surface area (Å²) in [6, 6.07) is 4.86. The van der Waals surface area contributed by atoms with Gasteiger partial charge in [0.2, 0.25) is 0 Å². The van der Waals surface area contributed by atoms with Gasteiger partial charge in [0.05, 0.1) is 6.20 Å². The first kappa shape index (κ1) is 12.6. The quantitative estimate of drug-likeness (QED) is 0.798. The fraction of sp³-hybridized carbons (Fsp3) is 0.0769. The number of ketones is 1. The molecule has 1 heterocycles. The van der Waals surface area contributed by atoms with E-state index in [1.165, 1.54) is 24.4 Å². The molecule has 5 heteroatoms. The molecule has 2 aromatic rings. The minimum Gasteiger partial charge on any atom is -0.294 e. The number of hydrogen-bond acceptors (Lipinski definition) is 2. The molecule has 0 aliphatic rings. The van der Waals surface area contributed by atoms with E-state index in [9.17, 15) is 13.6 Å². The normalized spacial score (nSPS) is 10.4. The molecule has 2 rings (SSSR count). The van der Waals surface area contributed by atoms with E-state index >= 15 is 0 Å². The zero-order valence-electron chi connectivity index (χ0n) is 9.16. The van der Waals surface area contributed by atoms with Gasteiger partial charge < -0.3 is 0 Å². The molecular formula is C13H8ClF2NO. The number of carbonyl (C=O) groups is 1. The first-order valence-corrected chi connectivity index (χ1v) is 5.52.